The fourth-order valence-corrected chi connectivity index (χ4v) is 5.30. The van der Waals surface area contributed by atoms with Crippen molar-refractivity contribution in [2.75, 3.05) is 18.4 Å². The van der Waals surface area contributed by atoms with E-state index < -0.39 is 0 Å². The van der Waals surface area contributed by atoms with E-state index in [0.29, 0.717) is 5.92 Å². The Morgan fingerprint density at radius 2 is 2.08 bits per heavy atom. The average Bonchev–Trinajstić information content (AvgIpc) is 2.79. The lowest BCUT2D eigenvalue weighted by atomic mass is 9.46. The number of nitrogens with zero attached hydrogens (tertiary/aromatic N) is 2. The topological polar surface area (TPSA) is 45.2 Å². The fourth-order valence-electron chi connectivity index (χ4n) is 5.30. The predicted octanol–water partition coefficient (Wildman–Crippen LogP) is 3.07. The Bertz CT molecular complexity index is 821. The standard InChI is InChI=1S/C20H21N3O/c1-19-12-15-13-23(18(24)14-6-3-2-4-7-14)11-9-20(15,19)22-17-16(19)8-5-10-21-17/h2-8,10,15H,9,11-13H2,1H3,(H,21,22)/t15-,19-,20-/m1/s1. The van der Waals surface area contributed by atoms with Gasteiger partial charge in [0.25, 0.3) is 5.91 Å². The van der Waals surface area contributed by atoms with Crippen LogP contribution < -0.4 is 5.32 Å². The van der Waals surface area contributed by atoms with Crippen LogP contribution in [0.4, 0.5) is 5.82 Å². The SMILES string of the molecule is C[C@]12C[C@@H]3CN(C(=O)c4ccccc4)CC[C@@]31Nc1ncccc12. The number of rotatable bonds is 1. The number of likely N-dealkylation sites (tertiary alicyclic amines) is 1. The summed E-state index contributed by atoms with van der Waals surface area (Å²) in [6, 6.07) is 13.9. The van der Waals surface area contributed by atoms with E-state index >= 15 is 0 Å². The summed E-state index contributed by atoms with van der Waals surface area (Å²) >= 11 is 0. The molecule has 3 heterocycles. The van der Waals surface area contributed by atoms with Crippen molar-refractivity contribution < 1.29 is 4.79 Å². The minimum absolute atomic E-state index is 0.0805. The second kappa shape index (κ2) is 4.59. The first-order valence-electron chi connectivity index (χ1n) is 8.72. The van der Waals surface area contributed by atoms with E-state index in [1.54, 1.807) is 0 Å². The number of carbonyl (C=O) groups excluding carboxylic acids is 1. The maximum atomic E-state index is 12.8. The van der Waals surface area contributed by atoms with Crippen molar-refractivity contribution in [1.82, 2.24) is 9.88 Å². The number of pyridine rings is 1. The number of aromatic nitrogens is 1. The highest BCUT2D eigenvalue weighted by Gasteiger charge is 2.69. The highest BCUT2D eigenvalue weighted by Crippen LogP contribution is 2.64. The predicted molar refractivity (Wildman–Crippen MR) is 93.0 cm³/mol. The average molecular weight is 319 g/mol. The number of carbonyl (C=O) groups is 1. The van der Waals surface area contributed by atoms with Crippen molar-refractivity contribution in [3.8, 4) is 0 Å². The smallest absolute Gasteiger partial charge is 0.253 e. The molecule has 3 atom stereocenters. The number of hydrogen-bond acceptors (Lipinski definition) is 3. The Kier molecular flexibility index (Phi) is 2.68. The minimum atomic E-state index is 0.0805. The van der Waals surface area contributed by atoms with Gasteiger partial charge in [-0.05, 0) is 31.0 Å². The number of fused-ring (bicyclic) bond motifs is 2. The van der Waals surface area contributed by atoms with Crippen LogP contribution in [0, 0.1) is 5.92 Å². The van der Waals surface area contributed by atoms with Gasteiger partial charge in [-0.1, -0.05) is 31.2 Å². The zero-order chi connectivity index (χ0) is 16.4. The third-order valence-corrected chi connectivity index (χ3v) is 6.60. The molecule has 122 valence electrons. The van der Waals surface area contributed by atoms with Crippen LogP contribution in [0.2, 0.25) is 0 Å². The highest BCUT2D eigenvalue weighted by atomic mass is 16.2. The van der Waals surface area contributed by atoms with Crippen molar-refractivity contribution >= 4 is 11.7 Å². The first-order chi connectivity index (χ1) is 11.6. The summed E-state index contributed by atoms with van der Waals surface area (Å²) in [6.45, 7) is 4.00. The zero-order valence-corrected chi connectivity index (χ0v) is 13.8. The van der Waals surface area contributed by atoms with Gasteiger partial charge < -0.3 is 10.2 Å². The van der Waals surface area contributed by atoms with Gasteiger partial charge in [0.05, 0.1) is 5.54 Å². The second-order valence-electron chi connectivity index (χ2n) is 7.60. The Labute approximate surface area is 141 Å². The molecule has 1 spiro atoms. The van der Waals surface area contributed by atoms with Crippen LogP contribution in [0.5, 0.6) is 0 Å². The van der Waals surface area contributed by atoms with E-state index in [9.17, 15) is 4.79 Å². The number of anilines is 1. The number of piperidine rings is 1. The largest absolute Gasteiger partial charge is 0.363 e. The van der Waals surface area contributed by atoms with Gasteiger partial charge in [-0.15, -0.1) is 0 Å². The first-order valence-corrected chi connectivity index (χ1v) is 8.72. The molecule has 2 aromatic rings. The monoisotopic (exact) mass is 319 g/mol. The van der Waals surface area contributed by atoms with E-state index in [0.717, 1.165) is 37.3 Å². The molecule has 2 fully saturated rings. The molecule has 0 radical (unpaired) electrons. The molecule has 5 rings (SSSR count). The fraction of sp³-hybridized carbons (Fsp3) is 0.400. The summed E-state index contributed by atoms with van der Waals surface area (Å²) in [5.74, 6) is 1.70. The number of nitrogens with one attached hydrogen (secondary N) is 1. The van der Waals surface area contributed by atoms with Gasteiger partial charge in [0.1, 0.15) is 5.82 Å². The lowest BCUT2D eigenvalue weighted by Gasteiger charge is -2.63. The van der Waals surface area contributed by atoms with E-state index in [1.807, 2.05) is 47.5 Å². The summed E-state index contributed by atoms with van der Waals surface area (Å²) in [5, 5.41) is 3.74. The van der Waals surface area contributed by atoms with Gasteiger partial charge >= 0.3 is 0 Å². The van der Waals surface area contributed by atoms with Crippen LogP contribution in [-0.4, -0.2) is 34.4 Å². The summed E-state index contributed by atoms with van der Waals surface area (Å²) in [7, 11) is 0. The molecule has 1 N–H and O–H groups in total. The molecule has 4 heteroatoms. The summed E-state index contributed by atoms with van der Waals surface area (Å²) in [6.07, 6.45) is 3.97. The lowest BCUT2D eigenvalue weighted by Crippen LogP contribution is -2.72. The van der Waals surface area contributed by atoms with E-state index in [1.165, 1.54) is 5.56 Å². The molecular formula is C20H21N3O. The van der Waals surface area contributed by atoms with Crippen LogP contribution >= 0.6 is 0 Å². The van der Waals surface area contributed by atoms with Crippen LogP contribution in [0.1, 0.15) is 35.7 Å². The molecular weight excluding hydrogens is 298 g/mol. The molecule has 1 saturated carbocycles. The summed E-state index contributed by atoms with van der Waals surface area (Å²) < 4.78 is 0. The van der Waals surface area contributed by atoms with Crippen molar-refractivity contribution in [2.45, 2.75) is 30.7 Å². The van der Waals surface area contributed by atoms with Crippen molar-refractivity contribution in [3.63, 3.8) is 0 Å². The van der Waals surface area contributed by atoms with Crippen LogP contribution in [0.15, 0.2) is 48.7 Å². The van der Waals surface area contributed by atoms with Gasteiger partial charge in [-0.3, -0.25) is 4.79 Å². The summed E-state index contributed by atoms with van der Waals surface area (Å²) in [4.78, 5) is 19.3. The van der Waals surface area contributed by atoms with Gasteiger partial charge in [-0.25, -0.2) is 4.98 Å². The Balaban J connectivity index is 1.41. The quantitative estimate of drug-likeness (QED) is 0.878. The first kappa shape index (κ1) is 14.0. The Morgan fingerprint density at radius 3 is 2.88 bits per heavy atom. The molecule has 1 aliphatic carbocycles. The third kappa shape index (κ3) is 1.58. The van der Waals surface area contributed by atoms with Gasteiger partial charge in [0.2, 0.25) is 0 Å². The number of benzene rings is 1. The Hall–Kier alpha value is -2.36. The number of hydrogen-bond donors (Lipinski definition) is 1. The third-order valence-electron chi connectivity index (χ3n) is 6.60. The van der Waals surface area contributed by atoms with Gasteiger partial charge in [0, 0.05) is 41.7 Å². The maximum absolute atomic E-state index is 12.8. The van der Waals surface area contributed by atoms with Crippen LogP contribution in [0.3, 0.4) is 0 Å². The number of amides is 1. The van der Waals surface area contributed by atoms with Crippen LogP contribution in [0.25, 0.3) is 0 Å². The maximum Gasteiger partial charge on any atom is 0.253 e. The molecule has 1 aromatic heterocycles. The zero-order valence-electron chi connectivity index (χ0n) is 13.8. The molecule has 24 heavy (non-hydrogen) atoms. The summed E-state index contributed by atoms with van der Waals surface area (Å²) in [5.41, 5.74) is 2.38. The Morgan fingerprint density at radius 1 is 1.25 bits per heavy atom. The molecule has 1 saturated heterocycles. The molecule has 4 nitrogen and oxygen atoms in total. The second-order valence-corrected chi connectivity index (χ2v) is 7.60. The molecule has 1 amide bonds. The van der Waals surface area contributed by atoms with Crippen molar-refractivity contribution in [1.29, 1.82) is 0 Å². The van der Waals surface area contributed by atoms with Crippen molar-refractivity contribution in [2.24, 2.45) is 5.92 Å². The van der Waals surface area contributed by atoms with E-state index in [2.05, 4.69) is 23.3 Å². The normalized spacial score (nSPS) is 32.9. The molecule has 0 unspecified atom stereocenters. The minimum Gasteiger partial charge on any atom is -0.363 e. The van der Waals surface area contributed by atoms with Gasteiger partial charge in [-0.2, -0.15) is 0 Å². The van der Waals surface area contributed by atoms with Gasteiger partial charge in [0.15, 0.2) is 0 Å². The van der Waals surface area contributed by atoms with Crippen molar-refractivity contribution in [3.05, 3.63) is 59.8 Å². The molecule has 0 bridgehead atoms. The molecule has 3 aliphatic rings. The molecule has 1 aromatic carbocycles. The lowest BCUT2D eigenvalue weighted by molar-refractivity contribution is -0.0271. The van der Waals surface area contributed by atoms with E-state index in [4.69, 9.17) is 0 Å². The molecule has 2 aliphatic heterocycles. The van der Waals surface area contributed by atoms with E-state index in [-0.39, 0.29) is 16.9 Å². The highest BCUT2D eigenvalue weighted by molar-refractivity contribution is 5.94. The van der Waals surface area contributed by atoms with Crippen LogP contribution in [-0.2, 0) is 5.41 Å².